The minimum atomic E-state index is 0.635. The minimum absolute atomic E-state index is 0.635. The topological polar surface area (TPSA) is 24.8 Å². The summed E-state index contributed by atoms with van der Waals surface area (Å²) in [5.41, 5.74) is 2.74. The lowest BCUT2D eigenvalue weighted by atomic mass is 9.74. The van der Waals surface area contributed by atoms with E-state index in [4.69, 9.17) is 9.99 Å². The second kappa shape index (κ2) is 8.12. The first-order valence-corrected chi connectivity index (χ1v) is 10.8. The Morgan fingerprint density at radius 2 is 1.81 bits per heavy atom. The van der Waals surface area contributed by atoms with Gasteiger partial charge in [-0.3, -0.25) is 0 Å². The molecule has 0 spiro atoms. The van der Waals surface area contributed by atoms with E-state index >= 15 is 0 Å². The molecule has 142 valence electrons. The highest BCUT2D eigenvalue weighted by Crippen LogP contribution is 2.59. The first-order chi connectivity index (χ1) is 12.8. The van der Waals surface area contributed by atoms with E-state index in [0.29, 0.717) is 18.4 Å². The highest BCUT2D eigenvalue weighted by molar-refractivity contribution is 5.92. The summed E-state index contributed by atoms with van der Waals surface area (Å²) in [6.07, 6.45) is 6.64. The third kappa shape index (κ3) is 3.43. The average molecular weight is 355 g/mol. The Morgan fingerprint density at radius 3 is 2.58 bits per heavy atom. The molecule has 0 N–H and O–H groups in total. The zero-order chi connectivity index (χ0) is 17.9. The molecule has 3 aliphatic rings. The van der Waals surface area contributed by atoms with Crippen molar-refractivity contribution in [3.63, 3.8) is 0 Å². The smallest absolute Gasteiger partial charge is 0.121 e. The van der Waals surface area contributed by atoms with Crippen LogP contribution in [0.3, 0.4) is 0 Å². The maximum atomic E-state index is 5.87. The molecule has 0 amide bonds. The maximum Gasteiger partial charge on any atom is 0.121 e. The van der Waals surface area contributed by atoms with Crippen LogP contribution >= 0.6 is 0 Å². The molecule has 3 nitrogen and oxygen atoms in total. The molecule has 26 heavy (non-hydrogen) atoms. The van der Waals surface area contributed by atoms with Crippen molar-refractivity contribution >= 4 is 5.71 Å². The summed E-state index contributed by atoms with van der Waals surface area (Å²) in [4.78, 5) is 8.45. The fourth-order valence-electron chi connectivity index (χ4n) is 6.04. The van der Waals surface area contributed by atoms with Crippen molar-refractivity contribution in [2.24, 2.45) is 34.7 Å². The van der Waals surface area contributed by atoms with Crippen molar-refractivity contribution in [3.8, 4) is 0 Å². The van der Waals surface area contributed by atoms with E-state index in [1.807, 2.05) is 0 Å². The van der Waals surface area contributed by atoms with Crippen LogP contribution in [-0.4, -0.2) is 36.9 Å². The SMILES string of the molecule is CCN(CC)C[C@H]1/C(=N/OCCc2ccccc2)[C@H]2C[C@@H]1[C@@H]1CCC[C@@H]12. The van der Waals surface area contributed by atoms with Crippen molar-refractivity contribution < 1.29 is 4.84 Å². The lowest BCUT2D eigenvalue weighted by Crippen LogP contribution is -2.40. The molecule has 0 aromatic heterocycles. The highest BCUT2D eigenvalue weighted by atomic mass is 16.6. The summed E-state index contributed by atoms with van der Waals surface area (Å²) in [7, 11) is 0. The summed E-state index contributed by atoms with van der Waals surface area (Å²) in [6.45, 7) is 8.71. The normalized spacial score (nSPS) is 34.0. The number of hydrogen-bond donors (Lipinski definition) is 0. The van der Waals surface area contributed by atoms with Gasteiger partial charge in [0, 0.05) is 24.8 Å². The van der Waals surface area contributed by atoms with Crippen LogP contribution in [0.4, 0.5) is 0 Å². The van der Waals surface area contributed by atoms with Crippen LogP contribution < -0.4 is 0 Å². The molecule has 1 aromatic rings. The van der Waals surface area contributed by atoms with Gasteiger partial charge in [-0.1, -0.05) is 55.8 Å². The molecule has 3 fully saturated rings. The van der Waals surface area contributed by atoms with Crippen LogP contribution in [0, 0.1) is 29.6 Å². The molecule has 4 rings (SSSR count). The van der Waals surface area contributed by atoms with Crippen LogP contribution in [0.2, 0.25) is 0 Å². The molecule has 0 saturated heterocycles. The molecule has 1 aromatic carbocycles. The van der Waals surface area contributed by atoms with Gasteiger partial charge in [0.25, 0.3) is 0 Å². The molecule has 2 bridgehead atoms. The molecule has 0 unspecified atom stereocenters. The van der Waals surface area contributed by atoms with E-state index in [-0.39, 0.29) is 0 Å². The summed E-state index contributed by atoms with van der Waals surface area (Å²) in [5, 5.41) is 4.77. The van der Waals surface area contributed by atoms with Gasteiger partial charge in [0.15, 0.2) is 0 Å². The van der Waals surface area contributed by atoms with Gasteiger partial charge >= 0.3 is 0 Å². The van der Waals surface area contributed by atoms with E-state index in [9.17, 15) is 0 Å². The van der Waals surface area contributed by atoms with Crippen molar-refractivity contribution in [3.05, 3.63) is 35.9 Å². The average Bonchev–Trinajstić information content (AvgIpc) is 3.36. The third-order valence-corrected chi connectivity index (χ3v) is 7.34. The second-order valence-electron chi connectivity index (χ2n) is 8.44. The molecule has 3 aliphatic carbocycles. The lowest BCUT2D eigenvalue weighted by molar-refractivity contribution is 0.137. The van der Waals surface area contributed by atoms with Gasteiger partial charge in [-0.15, -0.1) is 0 Å². The molecule has 5 atom stereocenters. The Balaban J connectivity index is 1.43. The van der Waals surface area contributed by atoms with Crippen molar-refractivity contribution in [1.29, 1.82) is 0 Å². The number of fused-ring (bicyclic) bond motifs is 5. The zero-order valence-electron chi connectivity index (χ0n) is 16.4. The van der Waals surface area contributed by atoms with Gasteiger partial charge in [-0.05, 0) is 55.7 Å². The molecular weight excluding hydrogens is 320 g/mol. The molecule has 3 heteroatoms. The van der Waals surface area contributed by atoms with Crippen LogP contribution in [0.5, 0.6) is 0 Å². The molecule has 0 heterocycles. The fraction of sp³-hybridized carbons (Fsp3) is 0.696. The highest BCUT2D eigenvalue weighted by Gasteiger charge is 2.57. The van der Waals surface area contributed by atoms with Gasteiger partial charge in [0.2, 0.25) is 0 Å². The van der Waals surface area contributed by atoms with E-state index in [1.165, 1.54) is 43.5 Å². The molecule has 0 aliphatic heterocycles. The monoisotopic (exact) mass is 354 g/mol. The van der Waals surface area contributed by atoms with Crippen LogP contribution in [0.15, 0.2) is 35.5 Å². The number of nitrogens with zero attached hydrogens (tertiary/aromatic N) is 2. The summed E-state index contributed by atoms with van der Waals surface area (Å²) < 4.78 is 0. The Morgan fingerprint density at radius 1 is 1.04 bits per heavy atom. The quantitative estimate of drug-likeness (QED) is 0.502. The number of benzene rings is 1. The third-order valence-electron chi connectivity index (χ3n) is 7.34. The molecule has 0 radical (unpaired) electrons. The Labute approximate surface area is 158 Å². The predicted octanol–water partition coefficient (Wildman–Crippen LogP) is 4.63. The zero-order valence-corrected chi connectivity index (χ0v) is 16.4. The maximum absolute atomic E-state index is 5.87. The van der Waals surface area contributed by atoms with Gasteiger partial charge in [-0.2, -0.15) is 0 Å². The number of rotatable bonds is 8. The molecule has 3 saturated carbocycles. The number of oxime groups is 1. The Bertz CT molecular complexity index is 610. The van der Waals surface area contributed by atoms with E-state index in [0.717, 1.165) is 37.3 Å². The first kappa shape index (κ1) is 18.0. The summed E-state index contributed by atoms with van der Waals surface area (Å²) >= 11 is 0. The standard InChI is InChI=1S/C23H34N2O/c1-3-25(4-2)16-22-20-15-21(19-12-8-11-18(19)20)23(22)24-26-14-13-17-9-6-5-7-10-17/h5-7,9-10,18-22H,3-4,8,11-16H2,1-2H3/b24-23+/t18-,19+,20-,21+,22-/m1/s1. The second-order valence-corrected chi connectivity index (χ2v) is 8.44. The predicted molar refractivity (Wildman–Crippen MR) is 107 cm³/mol. The number of hydrogen-bond acceptors (Lipinski definition) is 3. The Kier molecular flexibility index (Phi) is 5.63. The van der Waals surface area contributed by atoms with Crippen molar-refractivity contribution in [2.75, 3.05) is 26.2 Å². The van der Waals surface area contributed by atoms with Gasteiger partial charge < -0.3 is 9.74 Å². The minimum Gasteiger partial charge on any atom is -0.395 e. The van der Waals surface area contributed by atoms with E-state index in [1.54, 1.807) is 0 Å². The van der Waals surface area contributed by atoms with Crippen LogP contribution in [0.25, 0.3) is 0 Å². The van der Waals surface area contributed by atoms with Gasteiger partial charge in [-0.25, -0.2) is 0 Å². The lowest BCUT2D eigenvalue weighted by Gasteiger charge is -2.35. The first-order valence-electron chi connectivity index (χ1n) is 10.8. The summed E-state index contributed by atoms with van der Waals surface area (Å²) in [6, 6.07) is 10.6. The summed E-state index contributed by atoms with van der Waals surface area (Å²) in [5.74, 6) is 4.10. The van der Waals surface area contributed by atoms with E-state index in [2.05, 4.69) is 49.1 Å². The van der Waals surface area contributed by atoms with Gasteiger partial charge in [0.05, 0.1) is 5.71 Å². The van der Waals surface area contributed by atoms with Gasteiger partial charge in [0.1, 0.15) is 6.61 Å². The largest absolute Gasteiger partial charge is 0.395 e. The van der Waals surface area contributed by atoms with Crippen molar-refractivity contribution in [1.82, 2.24) is 4.90 Å². The van der Waals surface area contributed by atoms with Crippen molar-refractivity contribution in [2.45, 2.75) is 46.0 Å². The van der Waals surface area contributed by atoms with Crippen LogP contribution in [-0.2, 0) is 11.3 Å². The van der Waals surface area contributed by atoms with Crippen LogP contribution in [0.1, 0.15) is 45.1 Å². The van der Waals surface area contributed by atoms with E-state index < -0.39 is 0 Å². The Hall–Kier alpha value is -1.35. The molecular formula is C23H34N2O. The fourth-order valence-corrected chi connectivity index (χ4v) is 6.04.